The van der Waals surface area contributed by atoms with E-state index in [1.165, 1.54) is 10.6 Å². The zero-order valence-corrected chi connectivity index (χ0v) is 13.5. The van der Waals surface area contributed by atoms with Gasteiger partial charge in [-0.3, -0.25) is 9.59 Å². The first kappa shape index (κ1) is 14.8. The van der Waals surface area contributed by atoms with Gasteiger partial charge in [0, 0.05) is 29.8 Å². The van der Waals surface area contributed by atoms with Crippen LogP contribution < -0.4 is 10.9 Å². The topological polar surface area (TPSA) is 54.3 Å². The van der Waals surface area contributed by atoms with Crippen LogP contribution >= 0.6 is 15.9 Å². The molecular weight excluding hydrogens is 334 g/mol. The van der Waals surface area contributed by atoms with Crippen LogP contribution in [0, 0.1) is 11.8 Å². The van der Waals surface area contributed by atoms with Gasteiger partial charge in [-0.2, -0.15) is 0 Å². The lowest BCUT2D eigenvalue weighted by Gasteiger charge is -2.21. The van der Waals surface area contributed by atoms with Gasteiger partial charge >= 0.3 is 0 Å². The molecule has 1 amide bonds. The third kappa shape index (κ3) is 3.37. The van der Waals surface area contributed by atoms with Gasteiger partial charge in [0.2, 0.25) is 5.91 Å². The Hall–Kier alpha value is -1.14. The van der Waals surface area contributed by atoms with Crippen molar-refractivity contribution in [2.45, 2.75) is 19.4 Å². The Labute approximate surface area is 132 Å². The number of carbonyl (C=O) groups excluding carboxylic acids is 1. The third-order valence-electron chi connectivity index (χ3n) is 4.63. The molecule has 0 unspecified atom stereocenters. The number of halogens is 1. The SMILES string of the molecule is O=C(Cn1cc(Br)ccc1=O)N1CC[C@@H]2CNC[C@@H]2CC1. The normalized spacial score (nSPS) is 25.5. The summed E-state index contributed by atoms with van der Waals surface area (Å²) in [7, 11) is 0. The van der Waals surface area contributed by atoms with Crippen LogP contribution in [-0.4, -0.2) is 41.6 Å². The van der Waals surface area contributed by atoms with E-state index in [0.29, 0.717) is 11.8 Å². The molecule has 6 heteroatoms. The van der Waals surface area contributed by atoms with Gasteiger partial charge in [0.05, 0.1) is 0 Å². The maximum atomic E-state index is 12.4. The second-order valence-corrected chi connectivity index (χ2v) is 6.87. The fourth-order valence-electron chi connectivity index (χ4n) is 3.34. The van der Waals surface area contributed by atoms with Crippen molar-refractivity contribution in [3.05, 3.63) is 33.2 Å². The van der Waals surface area contributed by atoms with Crippen molar-refractivity contribution in [3.63, 3.8) is 0 Å². The van der Waals surface area contributed by atoms with Crippen LogP contribution in [0.5, 0.6) is 0 Å². The molecule has 0 radical (unpaired) electrons. The maximum absolute atomic E-state index is 12.4. The molecule has 0 spiro atoms. The average Bonchev–Trinajstić information content (AvgIpc) is 2.81. The lowest BCUT2D eigenvalue weighted by atomic mass is 9.92. The number of aromatic nitrogens is 1. The van der Waals surface area contributed by atoms with E-state index in [1.54, 1.807) is 12.3 Å². The van der Waals surface area contributed by atoms with E-state index < -0.39 is 0 Å². The summed E-state index contributed by atoms with van der Waals surface area (Å²) in [5.41, 5.74) is -0.137. The van der Waals surface area contributed by atoms with Crippen LogP contribution in [0.4, 0.5) is 0 Å². The molecule has 2 fully saturated rings. The largest absolute Gasteiger partial charge is 0.341 e. The van der Waals surface area contributed by atoms with Gasteiger partial charge < -0.3 is 14.8 Å². The van der Waals surface area contributed by atoms with E-state index >= 15 is 0 Å². The molecule has 114 valence electrons. The Bertz CT molecular complexity index is 573. The van der Waals surface area contributed by atoms with E-state index in [-0.39, 0.29) is 18.0 Å². The Morgan fingerprint density at radius 2 is 1.90 bits per heavy atom. The van der Waals surface area contributed by atoms with E-state index in [2.05, 4.69) is 21.2 Å². The van der Waals surface area contributed by atoms with Gasteiger partial charge in [0.25, 0.3) is 5.56 Å². The van der Waals surface area contributed by atoms with Crippen molar-refractivity contribution in [3.8, 4) is 0 Å². The maximum Gasteiger partial charge on any atom is 0.251 e. The summed E-state index contributed by atoms with van der Waals surface area (Å²) >= 11 is 3.34. The molecule has 2 atom stereocenters. The quantitative estimate of drug-likeness (QED) is 0.865. The molecule has 3 heterocycles. The predicted molar refractivity (Wildman–Crippen MR) is 84.1 cm³/mol. The summed E-state index contributed by atoms with van der Waals surface area (Å²) in [4.78, 5) is 26.1. The molecule has 21 heavy (non-hydrogen) atoms. The minimum absolute atomic E-state index is 0.0446. The first-order valence-corrected chi connectivity index (χ1v) is 8.27. The Balaban J connectivity index is 1.65. The molecular formula is C15H20BrN3O2. The molecule has 5 nitrogen and oxygen atoms in total. The van der Waals surface area contributed by atoms with Gasteiger partial charge in [-0.15, -0.1) is 0 Å². The minimum atomic E-state index is -0.137. The zero-order chi connectivity index (χ0) is 14.8. The lowest BCUT2D eigenvalue weighted by molar-refractivity contribution is -0.131. The Kier molecular flexibility index (Phi) is 4.45. The average molecular weight is 354 g/mol. The van der Waals surface area contributed by atoms with Crippen molar-refractivity contribution >= 4 is 21.8 Å². The van der Waals surface area contributed by atoms with Gasteiger partial charge in [-0.25, -0.2) is 0 Å². The van der Waals surface area contributed by atoms with Gasteiger partial charge in [0.15, 0.2) is 0 Å². The van der Waals surface area contributed by atoms with Gasteiger partial charge in [-0.1, -0.05) is 0 Å². The molecule has 3 rings (SSSR count). The molecule has 0 bridgehead atoms. The van der Waals surface area contributed by atoms with Crippen molar-refractivity contribution in [2.75, 3.05) is 26.2 Å². The third-order valence-corrected chi connectivity index (χ3v) is 5.09. The summed E-state index contributed by atoms with van der Waals surface area (Å²) in [6, 6.07) is 3.18. The van der Waals surface area contributed by atoms with Crippen LogP contribution in [0.1, 0.15) is 12.8 Å². The van der Waals surface area contributed by atoms with Crippen LogP contribution in [0.15, 0.2) is 27.6 Å². The number of pyridine rings is 1. The molecule has 1 aromatic heterocycles. The molecule has 2 aliphatic rings. The van der Waals surface area contributed by atoms with Gasteiger partial charge in [-0.05, 0) is 59.8 Å². The molecule has 2 aliphatic heterocycles. The molecule has 0 aliphatic carbocycles. The first-order chi connectivity index (χ1) is 10.1. The highest BCUT2D eigenvalue weighted by molar-refractivity contribution is 9.10. The van der Waals surface area contributed by atoms with E-state index in [4.69, 9.17) is 0 Å². The van der Waals surface area contributed by atoms with Crippen LogP contribution in [0.3, 0.4) is 0 Å². The number of hydrogen-bond acceptors (Lipinski definition) is 3. The smallest absolute Gasteiger partial charge is 0.251 e. The number of hydrogen-bond donors (Lipinski definition) is 1. The highest BCUT2D eigenvalue weighted by atomic mass is 79.9. The van der Waals surface area contributed by atoms with E-state index in [9.17, 15) is 9.59 Å². The Morgan fingerprint density at radius 1 is 1.24 bits per heavy atom. The zero-order valence-electron chi connectivity index (χ0n) is 11.9. The highest BCUT2D eigenvalue weighted by Gasteiger charge is 2.31. The lowest BCUT2D eigenvalue weighted by Crippen LogP contribution is -2.37. The standard InChI is InChI=1S/C15H20BrN3O2/c16-13-1-2-14(20)19(9-13)10-15(21)18-5-3-11-7-17-8-12(11)4-6-18/h1-2,9,11-12,17H,3-8,10H2/t11-,12+. The number of carbonyl (C=O) groups is 1. The van der Waals surface area contributed by atoms with Crippen molar-refractivity contribution < 1.29 is 4.79 Å². The van der Waals surface area contributed by atoms with Crippen molar-refractivity contribution in [2.24, 2.45) is 11.8 Å². The summed E-state index contributed by atoms with van der Waals surface area (Å²) in [6.45, 7) is 3.91. The second kappa shape index (κ2) is 6.32. The molecule has 2 saturated heterocycles. The van der Waals surface area contributed by atoms with Crippen molar-refractivity contribution in [1.82, 2.24) is 14.8 Å². The molecule has 0 saturated carbocycles. The predicted octanol–water partition coefficient (Wildman–Crippen LogP) is 1.07. The highest BCUT2D eigenvalue weighted by Crippen LogP contribution is 2.27. The van der Waals surface area contributed by atoms with Crippen LogP contribution in [0.2, 0.25) is 0 Å². The summed E-state index contributed by atoms with van der Waals surface area (Å²) in [5.74, 6) is 1.45. The number of fused-ring (bicyclic) bond motifs is 1. The van der Waals surface area contributed by atoms with Crippen LogP contribution in [0.25, 0.3) is 0 Å². The summed E-state index contributed by atoms with van der Waals surface area (Å²) in [6.07, 6.45) is 3.81. The number of nitrogens with zero attached hydrogens (tertiary/aromatic N) is 2. The minimum Gasteiger partial charge on any atom is -0.341 e. The molecule has 1 aromatic rings. The second-order valence-electron chi connectivity index (χ2n) is 5.95. The van der Waals surface area contributed by atoms with Crippen molar-refractivity contribution in [1.29, 1.82) is 0 Å². The van der Waals surface area contributed by atoms with E-state index in [0.717, 1.165) is 43.5 Å². The number of rotatable bonds is 2. The number of nitrogens with one attached hydrogen (secondary N) is 1. The molecule has 0 aromatic carbocycles. The fraction of sp³-hybridized carbons (Fsp3) is 0.600. The summed E-state index contributed by atoms with van der Waals surface area (Å²) in [5, 5.41) is 3.44. The Morgan fingerprint density at radius 3 is 2.57 bits per heavy atom. The van der Waals surface area contributed by atoms with E-state index in [1.807, 2.05) is 4.90 Å². The van der Waals surface area contributed by atoms with Gasteiger partial charge in [0.1, 0.15) is 6.54 Å². The fourth-order valence-corrected chi connectivity index (χ4v) is 3.72. The number of amides is 1. The van der Waals surface area contributed by atoms with Crippen LogP contribution in [-0.2, 0) is 11.3 Å². The first-order valence-electron chi connectivity index (χ1n) is 7.48. The number of likely N-dealkylation sites (tertiary alicyclic amines) is 1. The molecule has 1 N–H and O–H groups in total. The monoisotopic (exact) mass is 353 g/mol. The summed E-state index contributed by atoms with van der Waals surface area (Å²) < 4.78 is 2.28.